The van der Waals surface area contributed by atoms with Crippen molar-refractivity contribution in [3.05, 3.63) is 0 Å². The van der Waals surface area contributed by atoms with Crippen LogP contribution in [-0.4, -0.2) is 73.9 Å². The topological polar surface area (TPSA) is 156 Å². The second-order valence-electron chi connectivity index (χ2n) is 3.81. The minimum absolute atomic E-state index is 0.316. The molecule has 0 aliphatic carbocycles. The number of carbonyl (C=O) groups excluding carboxylic acids is 1. The van der Waals surface area contributed by atoms with Gasteiger partial charge >= 0.3 is 5.97 Å². The monoisotopic (exact) mass is 282 g/mol. The van der Waals surface area contributed by atoms with Crippen molar-refractivity contribution in [2.24, 2.45) is 0 Å². The zero-order chi connectivity index (χ0) is 15.4. The molecule has 0 fully saturated rings. The quantitative estimate of drug-likeness (QED) is 0.295. The van der Waals surface area contributed by atoms with Crippen LogP contribution in [0.15, 0.2) is 0 Å². The van der Waals surface area contributed by atoms with Crippen molar-refractivity contribution in [3.63, 3.8) is 0 Å². The Hall–Kier alpha value is -1.06. The van der Waals surface area contributed by atoms with Crippen LogP contribution in [-0.2, 0) is 9.59 Å². The second-order valence-corrected chi connectivity index (χ2v) is 3.81. The fourth-order valence-corrected chi connectivity index (χ4v) is 0.930. The van der Waals surface area contributed by atoms with Crippen LogP contribution in [0.1, 0.15) is 26.2 Å². The summed E-state index contributed by atoms with van der Waals surface area (Å²) < 4.78 is 0. The van der Waals surface area contributed by atoms with Crippen LogP contribution in [0.25, 0.3) is 0 Å². The number of ketones is 1. The number of carbonyl (C=O) groups is 2. The van der Waals surface area contributed by atoms with Crippen LogP contribution in [0, 0.1) is 0 Å². The molecule has 8 heteroatoms. The van der Waals surface area contributed by atoms with Gasteiger partial charge in [0.05, 0.1) is 6.61 Å². The van der Waals surface area contributed by atoms with Gasteiger partial charge in [0.2, 0.25) is 0 Å². The number of aliphatic carboxylic acids is 1. The van der Waals surface area contributed by atoms with Crippen molar-refractivity contribution in [3.8, 4) is 0 Å². The van der Waals surface area contributed by atoms with Gasteiger partial charge in [0.1, 0.15) is 24.9 Å². The van der Waals surface area contributed by atoms with Crippen LogP contribution in [0.2, 0.25) is 0 Å². The minimum atomic E-state index is -1.86. The molecule has 8 nitrogen and oxygen atoms in total. The standard InChI is InChI=1S/C6H12O6.C5H10O2/c7-1-3(9)5(11)6(12)4(10)2-8;1-2-3-4-5(6)7/h3,5-9,11-12H,1-2H2;2-4H2,1H3,(H,6,7). The fourth-order valence-electron chi connectivity index (χ4n) is 0.930. The van der Waals surface area contributed by atoms with Crippen molar-refractivity contribution in [2.45, 2.75) is 44.5 Å². The first-order chi connectivity index (χ1) is 8.81. The molecule has 0 aliphatic heterocycles. The van der Waals surface area contributed by atoms with Crippen molar-refractivity contribution in [1.29, 1.82) is 0 Å². The van der Waals surface area contributed by atoms with Crippen molar-refractivity contribution in [1.82, 2.24) is 0 Å². The van der Waals surface area contributed by atoms with E-state index < -0.39 is 43.3 Å². The van der Waals surface area contributed by atoms with Crippen molar-refractivity contribution >= 4 is 11.8 Å². The molecule has 3 unspecified atom stereocenters. The summed E-state index contributed by atoms with van der Waals surface area (Å²) in [6.07, 6.45) is -3.14. The summed E-state index contributed by atoms with van der Waals surface area (Å²) in [6.45, 7) is 0.288. The van der Waals surface area contributed by atoms with E-state index in [9.17, 15) is 9.59 Å². The Balaban J connectivity index is 0. The van der Waals surface area contributed by atoms with E-state index in [1.165, 1.54) is 0 Å². The summed E-state index contributed by atoms with van der Waals surface area (Å²) in [5.41, 5.74) is 0. The van der Waals surface area contributed by atoms with E-state index >= 15 is 0 Å². The van der Waals surface area contributed by atoms with E-state index in [2.05, 4.69) is 0 Å². The molecule has 6 N–H and O–H groups in total. The van der Waals surface area contributed by atoms with Crippen molar-refractivity contribution in [2.75, 3.05) is 13.2 Å². The average molecular weight is 282 g/mol. The first-order valence-corrected chi connectivity index (χ1v) is 5.82. The number of unbranched alkanes of at least 4 members (excludes halogenated alkanes) is 1. The van der Waals surface area contributed by atoms with E-state index in [4.69, 9.17) is 30.6 Å². The number of aliphatic hydroxyl groups is 5. The van der Waals surface area contributed by atoms with Gasteiger partial charge in [0.25, 0.3) is 0 Å². The maximum atomic E-state index is 10.5. The first-order valence-electron chi connectivity index (χ1n) is 5.82. The largest absolute Gasteiger partial charge is 0.481 e. The molecule has 0 saturated heterocycles. The Bertz CT molecular complexity index is 255. The summed E-state index contributed by atoms with van der Waals surface area (Å²) in [5, 5.41) is 51.1. The molecule has 0 aliphatic rings. The summed E-state index contributed by atoms with van der Waals surface area (Å²) in [6, 6.07) is 0. The number of rotatable bonds is 8. The fraction of sp³-hybridized carbons (Fsp3) is 0.818. The molecule has 3 atom stereocenters. The van der Waals surface area contributed by atoms with Crippen LogP contribution in [0.4, 0.5) is 0 Å². The number of hydrogen-bond acceptors (Lipinski definition) is 7. The molecule has 0 rings (SSSR count). The molecular weight excluding hydrogens is 260 g/mol. The highest BCUT2D eigenvalue weighted by Crippen LogP contribution is 2.00. The summed E-state index contributed by atoms with van der Waals surface area (Å²) in [7, 11) is 0. The highest BCUT2D eigenvalue weighted by atomic mass is 16.4. The van der Waals surface area contributed by atoms with Crippen LogP contribution < -0.4 is 0 Å². The highest BCUT2D eigenvalue weighted by Gasteiger charge is 2.28. The molecule has 0 heterocycles. The summed E-state index contributed by atoms with van der Waals surface area (Å²) in [5.74, 6) is -1.70. The molecule has 0 aromatic heterocycles. The summed E-state index contributed by atoms with van der Waals surface area (Å²) in [4.78, 5) is 20.3. The molecule has 0 aromatic rings. The number of Topliss-reactive ketones (excluding diaryl/α,β-unsaturated/α-hetero) is 1. The van der Waals surface area contributed by atoms with Gasteiger partial charge in [-0.25, -0.2) is 0 Å². The van der Waals surface area contributed by atoms with E-state index in [0.29, 0.717) is 6.42 Å². The van der Waals surface area contributed by atoms with Gasteiger partial charge < -0.3 is 30.6 Å². The van der Waals surface area contributed by atoms with Gasteiger partial charge in [-0.15, -0.1) is 0 Å². The molecular formula is C11H22O8. The zero-order valence-corrected chi connectivity index (χ0v) is 10.8. The molecule has 19 heavy (non-hydrogen) atoms. The number of aliphatic hydroxyl groups excluding tert-OH is 5. The maximum absolute atomic E-state index is 10.5. The Morgan fingerprint density at radius 2 is 1.63 bits per heavy atom. The first kappa shape index (κ1) is 20.3. The van der Waals surface area contributed by atoms with Crippen LogP contribution in [0.5, 0.6) is 0 Å². The van der Waals surface area contributed by atoms with Gasteiger partial charge in [-0.1, -0.05) is 13.3 Å². The maximum Gasteiger partial charge on any atom is 0.303 e. The van der Waals surface area contributed by atoms with E-state index in [1.54, 1.807) is 0 Å². The van der Waals surface area contributed by atoms with E-state index in [1.807, 2.05) is 6.92 Å². The van der Waals surface area contributed by atoms with Gasteiger partial charge in [-0.2, -0.15) is 0 Å². The normalized spacial score (nSPS) is 14.8. The number of carboxylic acids is 1. The highest BCUT2D eigenvalue weighted by molar-refractivity contribution is 5.84. The third-order valence-electron chi connectivity index (χ3n) is 2.13. The predicted octanol–water partition coefficient (Wildman–Crippen LogP) is -2.12. The smallest absolute Gasteiger partial charge is 0.303 e. The Labute approximate surface area is 110 Å². The second kappa shape index (κ2) is 12.0. The van der Waals surface area contributed by atoms with Gasteiger partial charge in [-0.3, -0.25) is 9.59 Å². The Kier molecular flexibility index (Phi) is 12.8. The Morgan fingerprint density at radius 1 is 1.11 bits per heavy atom. The zero-order valence-electron chi connectivity index (χ0n) is 10.8. The molecule has 0 aromatic carbocycles. The lowest BCUT2D eigenvalue weighted by molar-refractivity contribution is -0.142. The molecule has 0 spiro atoms. The predicted molar refractivity (Wildman–Crippen MR) is 64.4 cm³/mol. The molecule has 0 amide bonds. The lowest BCUT2D eigenvalue weighted by Crippen LogP contribution is -2.44. The van der Waals surface area contributed by atoms with Crippen LogP contribution >= 0.6 is 0 Å². The van der Waals surface area contributed by atoms with Gasteiger partial charge in [-0.05, 0) is 6.42 Å². The molecule has 0 bridgehead atoms. The van der Waals surface area contributed by atoms with Gasteiger partial charge in [0, 0.05) is 6.42 Å². The van der Waals surface area contributed by atoms with Crippen LogP contribution in [0.3, 0.4) is 0 Å². The lowest BCUT2D eigenvalue weighted by Gasteiger charge is -2.19. The summed E-state index contributed by atoms with van der Waals surface area (Å²) >= 11 is 0. The molecule has 0 radical (unpaired) electrons. The van der Waals surface area contributed by atoms with E-state index in [-0.39, 0.29) is 0 Å². The lowest BCUT2D eigenvalue weighted by atomic mass is 10.1. The van der Waals surface area contributed by atoms with E-state index in [0.717, 1.165) is 12.8 Å². The SMILES string of the molecule is CCCCC(=O)O.O=C(CO)C(O)C(O)C(O)CO. The molecule has 0 saturated carbocycles. The molecule has 114 valence electrons. The average Bonchev–Trinajstić information content (AvgIpc) is 2.42. The minimum Gasteiger partial charge on any atom is -0.481 e. The number of hydrogen-bond donors (Lipinski definition) is 6. The van der Waals surface area contributed by atoms with Gasteiger partial charge in [0.15, 0.2) is 5.78 Å². The van der Waals surface area contributed by atoms with Crippen molar-refractivity contribution < 1.29 is 40.2 Å². The third-order valence-corrected chi connectivity index (χ3v) is 2.13. The number of carboxylic acid groups (broad SMARTS) is 1. The Morgan fingerprint density at radius 3 is 1.89 bits per heavy atom. The third kappa shape index (κ3) is 10.5.